The first-order valence-corrected chi connectivity index (χ1v) is 12.7. The zero-order valence-corrected chi connectivity index (χ0v) is 22.1. The third-order valence-corrected chi connectivity index (χ3v) is 7.31. The molecule has 191 valence electrons. The van der Waals surface area contributed by atoms with Gasteiger partial charge < -0.3 is 14.4 Å². The molecule has 7 heteroatoms. The summed E-state index contributed by atoms with van der Waals surface area (Å²) in [5.41, 5.74) is 8.84. The Balaban J connectivity index is 1.52. The summed E-state index contributed by atoms with van der Waals surface area (Å²) in [4.78, 5) is 12.2. The number of anilines is 1. The van der Waals surface area contributed by atoms with Crippen molar-refractivity contribution in [3.8, 4) is 34.0 Å². The second-order valence-corrected chi connectivity index (χ2v) is 9.61. The molecule has 0 bridgehead atoms. The van der Waals surface area contributed by atoms with Crippen molar-refractivity contribution in [2.45, 2.75) is 20.4 Å². The van der Waals surface area contributed by atoms with Crippen LogP contribution in [0.1, 0.15) is 16.7 Å². The lowest BCUT2D eigenvalue weighted by atomic mass is 9.99. The Labute approximate surface area is 222 Å². The topological polar surface area (TPSA) is 65.3 Å². The van der Waals surface area contributed by atoms with Crippen LogP contribution < -0.4 is 14.4 Å². The van der Waals surface area contributed by atoms with Gasteiger partial charge in [0, 0.05) is 42.9 Å². The van der Waals surface area contributed by atoms with Crippen molar-refractivity contribution in [2.75, 3.05) is 32.2 Å². The lowest BCUT2D eigenvalue weighted by Crippen LogP contribution is -2.38. The van der Waals surface area contributed by atoms with Crippen LogP contribution in [0, 0.1) is 20.3 Å². The van der Waals surface area contributed by atoms with E-state index in [-0.39, 0.29) is 0 Å². The molecule has 7 nitrogen and oxygen atoms in total. The highest BCUT2D eigenvalue weighted by Gasteiger charge is 2.21. The molecular weight excluding hydrogens is 474 g/mol. The molecule has 0 saturated carbocycles. The van der Waals surface area contributed by atoms with E-state index in [9.17, 15) is 0 Å². The molecule has 3 aromatic heterocycles. The van der Waals surface area contributed by atoms with Crippen LogP contribution in [-0.2, 0) is 6.54 Å². The molecule has 5 aromatic rings. The van der Waals surface area contributed by atoms with Crippen molar-refractivity contribution in [2.24, 2.45) is 0 Å². The maximum atomic E-state index is 5.87. The standard InChI is InChI=1S/C31H30N5O2/c1-20-7-5-8-25(21(20)2)30-27(38-4)17-26-31(33-30)29(23-11-14-28(32-18-23)35-15-6-16-35)34-36(26)19-22-9-12-24(37-3)13-10-22/h5-14,17-18H,15-16,19H2,1-4H3. The van der Waals surface area contributed by atoms with E-state index in [1.165, 1.54) is 11.1 Å². The van der Waals surface area contributed by atoms with Crippen molar-refractivity contribution in [1.82, 2.24) is 19.7 Å². The number of aryl methyl sites for hydroxylation is 1. The Bertz CT molecular complexity index is 1600. The number of hydrogen-bond donors (Lipinski definition) is 0. The Hall–Kier alpha value is -4.39. The fraction of sp³-hybridized carbons (Fsp3) is 0.226. The van der Waals surface area contributed by atoms with Gasteiger partial charge in [-0.05, 0) is 54.8 Å². The maximum Gasteiger partial charge on any atom is 0.147 e. The van der Waals surface area contributed by atoms with Gasteiger partial charge in [0.05, 0.1) is 26.3 Å². The van der Waals surface area contributed by atoms with Crippen molar-refractivity contribution in [1.29, 1.82) is 0 Å². The summed E-state index contributed by atoms with van der Waals surface area (Å²) < 4.78 is 13.2. The normalized spacial score (nSPS) is 13.0. The largest absolute Gasteiger partial charge is 0.497 e. The molecule has 1 radical (unpaired) electrons. The average molecular weight is 505 g/mol. The fourth-order valence-corrected chi connectivity index (χ4v) is 4.81. The maximum absolute atomic E-state index is 5.87. The van der Waals surface area contributed by atoms with Crippen molar-refractivity contribution >= 4 is 16.9 Å². The molecule has 38 heavy (non-hydrogen) atoms. The second kappa shape index (κ2) is 9.82. The van der Waals surface area contributed by atoms with Crippen LogP contribution in [0.2, 0.25) is 0 Å². The number of rotatable bonds is 7. The van der Waals surface area contributed by atoms with Gasteiger partial charge in [-0.25, -0.2) is 9.97 Å². The van der Waals surface area contributed by atoms with Crippen LogP contribution in [0.25, 0.3) is 33.5 Å². The smallest absolute Gasteiger partial charge is 0.147 e. The van der Waals surface area contributed by atoms with Gasteiger partial charge in [0.2, 0.25) is 0 Å². The minimum atomic E-state index is 0.587. The van der Waals surface area contributed by atoms with E-state index < -0.39 is 0 Å². The third kappa shape index (κ3) is 4.24. The summed E-state index contributed by atoms with van der Waals surface area (Å²) in [5, 5.41) is 5.06. The summed E-state index contributed by atoms with van der Waals surface area (Å²) in [6.07, 6.45) is 4.13. The molecular formula is C31H30N5O2. The lowest BCUT2D eigenvalue weighted by Gasteiger charge is -2.31. The first-order chi connectivity index (χ1) is 18.6. The van der Waals surface area contributed by atoms with E-state index in [0.29, 0.717) is 6.54 Å². The monoisotopic (exact) mass is 504 g/mol. The number of ether oxygens (including phenoxy) is 2. The van der Waals surface area contributed by atoms with E-state index in [1.807, 2.05) is 23.0 Å². The van der Waals surface area contributed by atoms with Gasteiger partial charge in [-0.2, -0.15) is 5.10 Å². The fourth-order valence-electron chi connectivity index (χ4n) is 4.81. The molecule has 1 aliphatic rings. The molecule has 0 unspecified atom stereocenters. The minimum Gasteiger partial charge on any atom is -0.497 e. The van der Waals surface area contributed by atoms with Gasteiger partial charge in [-0.15, -0.1) is 0 Å². The third-order valence-electron chi connectivity index (χ3n) is 7.31. The SMILES string of the molecule is COc1ccc(Cn2nc(-c3ccc(N4C[CH]C4)nc3)c3nc(-c4cccc(C)c4C)c(OC)cc32)cc1. The highest BCUT2D eigenvalue weighted by atomic mass is 16.5. The van der Waals surface area contributed by atoms with Crippen LogP contribution in [0.15, 0.2) is 66.9 Å². The van der Waals surface area contributed by atoms with Crippen LogP contribution in [0.5, 0.6) is 11.5 Å². The van der Waals surface area contributed by atoms with Crippen molar-refractivity contribution < 1.29 is 9.47 Å². The molecule has 0 amide bonds. The molecule has 4 heterocycles. The molecule has 1 saturated heterocycles. The summed E-state index contributed by atoms with van der Waals surface area (Å²) in [6, 6.07) is 20.5. The van der Waals surface area contributed by atoms with Gasteiger partial charge in [-0.1, -0.05) is 30.3 Å². The second-order valence-electron chi connectivity index (χ2n) is 9.61. The zero-order valence-electron chi connectivity index (χ0n) is 22.1. The lowest BCUT2D eigenvalue weighted by molar-refractivity contribution is 0.414. The van der Waals surface area contributed by atoms with Crippen LogP contribution in [0.3, 0.4) is 0 Å². The molecule has 1 aliphatic heterocycles. The zero-order chi connectivity index (χ0) is 26.2. The average Bonchev–Trinajstić information content (AvgIpc) is 3.26. The minimum absolute atomic E-state index is 0.587. The molecule has 1 fully saturated rings. The first kappa shape index (κ1) is 24.0. The van der Waals surface area contributed by atoms with Gasteiger partial charge in [-0.3, -0.25) is 4.68 Å². The van der Waals surface area contributed by atoms with Crippen LogP contribution in [0.4, 0.5) is 5.82 Å². The Morgan fingerprint density at radius 2 is 1.71 bits per heavy atom. The predicted molar refractivity (Wildman–Crippen MR) is 151 cm³/mol. The van der Waals surface area contributed by atoms with Gasteiger partial charge in [0.25, 0.3) is 0 Å². The van der Waals surface area contributed by atoms with E-state index in [4.69, 9.17) is 24.5 Å². The van der Waals surface area contributed by atoms with Gasteiger partial charge in [0.1, 0.15) is 34.2 Å². The summed E-state index contributed by atoms with van der Waals surface area (Å²) in [6.45, 7) is 6.70. The van der Waals surface area contributed by atoms with E-state index in [0.717, 1.165) is 69.5 Å². The molecule has 0 N–H and O–H groups in total. The van der Waals surface area contributed by atoms with Crippen molar-refractivity contribution in [3.05, 3.63) is 90.0 Å². The number of nitrogens with zero attached hydrogens (tertiary/aromatic N) is 5. The molecule has 6 rings (SSSR count). The van der Waals surface area contributed by atoms with E-state index >= 15 is 0 Å². The molecule has 0 aliphatic carbocycles. The molecule has 2 aromatic carbocycles. The quantitative estimate of drug-likeness (QED) is 0.276. The number of fused-ring (bicyclic) bond motifs is 1. The Morgan fingerprint density at radius 1 is 0.895 bits per heavy atom. The number of methoxy groups -OCH3 is 2. The predicted octanol–water partition coefficient (Wildman–Crippen LogP) is 5.87. The number of pyridine rings is 2. The van der Waals surface area contributed by atoms with Gasteiger partial charge in [0.15, 0.2) is 0 Å². The summed E-state index contributed by atoms with van der Waals surface area (Å²) in [5.74, 6) is 2.52. The number of aromatic nitrogens is 4. The van der Waals surface area contributed by atoms with E-state index in [2.05, 4.69) is 73.7 Å². The van der Waals surface area contributed by atoms with Gasteiger partial charge >= 0.3 is 0 Å². The highest BCUT2D eigenvalue weighted by molar-refractivity contribution is 5.93. The number of benzene rings is 2. The van der Waals surface area contributed by atoms with E-state index in [1.54, 1.807) is 14.2 Å². The van der Waals surface area contributed by atoms with Crippen LogP contribution >= 0.6 is 0 Å². The highest BCUT2D eigenvalue weighted by Crippen LogP contribution is 2.37. The Kier molecular flexibility index (Phi) is 6.19. The van der Waals surface area contributed by atoms with Crippen LogP contribution in [-0.4, -0.2) is 47.1 Å². The summed E-state index contributed by atoms with van der Waals surface area (Å²) >= 11 is 0. The first-order valence-electron chi connectivity index (χ1n) is 12.7. The summed E-state index contributed by atoms with van der Waals surface area (Å²) in [7, 11) is 3.37. The molecule has 0 atom stereocenters. The number of hydrogen-bond acceptors (Lipinski definition) is 6. The Morgan fingerprint density at radius 3 is 2.37 bits per heavy atom. The molecule has 0 spiro atoms. The van der Waals surface area contributed by atoms with Crippen molar-refractivity contribution in [3.63, 3.8) is 0 Å².